The molecule has 0 spiro atoms. The lowest BCUT2D eigenvalue weighted by Gasteiger charge is -2.03. The molecule has 0 aliphatic heterocycles. The molecule has 3 rings (SSSR count). The molecule has 0 saturated carbocycles. The first kappa shape index (κ1) is 11.5. The molecule has 0 saturated heterocycles. The number of aromatic nitrogens is 3. The Morgan fingerprint density at radius 1 is 1.22 bits per heavy atom. The van der Waals surface area contributed by atoms with Crippen molar-refractivity contribution in [3.8, 4) is 5.75 Å². The third-order valence-electron chi connectivity index (χ3n) is 2.49. The molecule has 0 aliphatic rings. The van der Waals surface area contributed by atoms with Gasteiger partial charge in [0.15, 0.2) is 0 Å². The Morgan fingerprint density at radius 2 is 2.06 bits per heavy atom. The Kier molecular flexibility index (Phi) is 3.14. The third kappa shape index (κ3) is 2.45. The highest BCUT2D eigenvalue weighted by molar-refractivity contribution is 14.1. The first-order chi connectivity index (χ1) is 8.81. The van der Waals surface area contributed by atoms with E-state index >= 15 is 0 Å². The van der Waals surface area contributed by atoms with Crippen molar-refractivity contribution in [2.75, 3.05) is 0 Å². The summed E-state index contributed by atoms with van der Waals surface area (Å²) in [6.07, 6.45) is 5.57. The summed E-state index contributed by atoms with van der Waals surface area (Å²) < 4.78 is 8.74. The predicted molar refractivity (Wildman–Crippen MR) is 76.5 cm³/mol. The molecule has 0 unspecified atom stereocenters. The average Bonchev–Trinajstić information content (AvgIpc) is 2.81. The molecule has 0 bridgehead atoms. The Hall–Kier alpha value is -1.63. The van der Waals surface area contributed by atoms with Crippen molar-refractivity contribution in [3.63, 3.8) is 0 Å². The summed E-state index contributed by atoms with van der Waals surface area (Å²) in [6.45, 7) is 0.448. The zero-order valence-corrected chi connectivity index (χ0v) is 11.6. The van der Waals surface area contributed by atoms with Crippen LogP contribution in [-0.2, 0) is 6.61 Å². The number of fused-ring (bicyclic) bond motifs is 1. The minimum Gasteiger partial charge on any atom is -0.487 e. The molecule has 2 aromatic heterocycles. The number of imidazole rings is 1. The third-order valence-corrected chi connectivity index (χ3v) is 3.20. The van der Waals surface area contributed by atoms with Crippen LogP contribution in [0.2, 0.25) is 0 Å². The van der Waals surface area contributed by atoms with Crippen molar-refractivity contribution in [2.24, 2.45) is 0 Å². The first-order valence-corrected chi connectivity index (χ1v) is 6.56. The molecule has 3 aromatic rings. The summed E-state index contributed by atoms with van der Waals surface area (Å²) in [5.74, 6) is 1.54. The van der Waals surface area contributed by atoms with E-state index in [-0.39, 0.29) is 0 Å². The van der Waals surface area contributed by atoms with Gasteiger partial charge in [-0.25, -0.2) is 9.97 Å². The molecule has 4 nitrogen and oxygen atoms in total. The van der Waals surface area contributed by atoms with Gasteiger partial charge in [0.2, 0.25) is 5.78 Å². The number of halogens is 1. The van der Waals surface area contributed by atoms with Crippen LogP contribution < -0.4 is 4.74 Å². The number of benzene rings is 1. The van der Waals surface area contributed by atoms with Crippen LogP contribution in [0.3, 0.4) is 0 Å². The summed E-state index contributed by atoms with van der Waals surface area (Å²) in [7, 11) is 0. The fraction of sp³-hybridized carbons (Fsp3) is 0.0769. The second-order valence-corrected chi connectivity index (χ2v) is 5.05. The first-order valence-electron chi connectivity index (χ1n) is 5.48. The van der Waals surface area contributed by atoms with E-state index < -0.39 is 0 Å². The van der Waals surface area contributed by atoms with Crippen molar-refractivity contribution in [1.82, 2.24) is 14.4 Å². The van der Waals surface area contributed by atoms with Crippen molar-refractivity contribution in [1.29, 1.82) is 0 Å². The molecular weight excluding hydrogens is 341 g/mol. The summed E-state index contributed by atoms with van der Waals surface area (Å²) in [5, 5.41) is 0. The summed E-state index contributed by atoms with van der Waals surface area (Å²) in [5.41, 5.74) is 0.868. The maximum Gasteiger partial charge on any atom is 0.234 e. The number of rotatable bonds is 3. The van der Waals surface area contributed by atoms with Crippen molar-refractivity contribution >= 4 is 28.4 Å². The molecule has 0 atom stereocenters. The van der Waals surface area contributed by atoms with E-state index in [0.29, 0.717) is 12.4 Å². The molecule has 0 fully saturated rings. The number of ether oxygens (including phenoxy) is 1. The summed E-state index contributed by atoms with van der Waals surface area (Å²) >= 11 is 2.27. The van der Waals surface area contributed by atoms with Crippen LogP contribution in [0.4, 0.5) is 0 Å². The molecular formula is C13H10IN3O. The van der Waals surface area contributed by atoms with Crippen LogP contribution in [0.15, 0.2) is 48.9 Å². The normalized spacial score (nSPS) is 10.7. The Labute approximate surface area is 118 Å². The smallest absolute Gasteiger partial charge is 0.234 e. The van der Waals surface area contributed by atoms with Gasteiger partial charge in [-0.3, -0.25) is 4.40 Å². The van der Waals surface area contributed by atoms with Crippen LogP contribution >= 0.6 is 22.6 Å². The topological polar surface area (TPSA) is 39.4 Å². The van der Waals surface area contributed by atoms with Gasteiger partial charge in [0.1, 0.15) is 12.4 Å². The van der Waals surface area contributed by atoms with Gasteiger partial charge in [-0.2, -0.15) is 0 Å². The van der Waals surface area contributed by atoms with E-state index in [9.17, 15) is 0 Å². The van der Waals surface area contributed by atoms with Gasteiger partial charge in [-0.05, 0) is 52.9 Å². The zero-order valence-electron chi connectivity index (χ0n) is 9.45. The molecule has 5 heteroatoms. The van der Waals surface area contributed by atoms with Crippen molar-refractivity contribution in [2.45, 2.75) is 6.61 Å². The Morgan fingerprint density at radius 3 is 2.83 bits per heavy atom. The second kappa shape index (κ2) is 4.93. The highest BCUT2D eigenvalue weighted by Crippen LogP contribution is 2.15. The quantitative estimate of drug-likeness (QED) is 0.682. The van der Waals surface area contributed by atoms with E-state index in [2.05, 4.69) is 32.6 Å². The Bertz CT molecular complexity index is 630. The summed E-state index contributed by atoms with van der Waals surface area (Å²) in [4.78, 5) is 8.53. The summed E-state index contributed by atoms with van der Waals surface area (Å²) in [6, 6.07) is 9.81. The second-order valence-electron chi connectivity index (χ2n) is 3.80. The molecule has 90 valence electrons. The highest BCUT2D eigenvalue weighted by atomic mass is 127. The fourth-order valence-corrected chi connectivity index (χ4v) is 2.00. The van der Waals surface area contributed by atoms with Gasteiger partial charge in [0, 0.05) is 22.2 Å². The number of hydrogen-bond acceptors (Lipinski definition) is 3. The predicted octanol–water partition coefficient (Wildman–Crippen LogP) is 2.91. The number of nitrogens with zero attached hydrogens (tertiary/aromatic N) is 3. The van der Waals surface area contributed by atoms with E-state index in [0.717, 1.165) is 11.4 Å². The lowest BCUT2D eigenvalue weighted by Crippen LogP contribution is -1.95. The van der Waals surface area contributed by atoms with Gasteiger partial charge in [0.25, 0.3) is 0 Å². The van der Waals surface area contributed by atoms with Crippen LogP contribution in [-0.4, -0.2) is 14.4 Å². The monoisotopic (exact) mass is 351 g/mol. The van der Waals surface area contributed by atoms with Crippen LogP contribution in [0.1, 0.15) is 5.69 Å². The van der Waals surface area contributed by atoms with Crippen LogP contribution in [0.5, 0.6) is 5.75 Å². The lowest BCUT2D eigenvalue weighted by atomic mass is 10.3. The molecule has 0 radical (unpaired) electrons. The van der Waals surface area contributed by atoms with Crippen molar-refractivity contribution in [3.05, 3.63) is 58.2 Å². The van der Waals surface area contributed by atoms with Crippen molar-refractivity contribution < 1.29 is 4.74 Å². The maximum atomic E-state index is 5.67. The van der Waals surface area contributed by atoms with E-state index in [1.807, 2.05) is 47.1 Å². The Balaban J connectivity index is 1.74. The number of hydrogen-bond donors (Lipinski definition) is 0. The molecule has 0 N–H and O–H groups in total. The largest absolute Gasteiger partial charge is 0.487 e. The van der Waals surface area contributed by atoms with Gasteiger partial charge in [-0.15, -0.1) is 0 Å². The molecule has 18 heavy (non-hydrogen) atoms. The van der Waals surface area contributed by atoms with E-state index in [1.165, 1.54) is 3.57 Å². The molecule has 2 heterocycles. The van der Waals surface area contributed by atoms with Gasteiger partial charge in [-0.1, -0.05) is 0 Å². The minimum atomic E-state index is 0.448. The van der Waals surface area contributed by atoms with E-state index in [4.69, 9.17) is 4.74 Å². The minimum absolute atomic E-state index is 0.448. The van der Waals surface area contributed by atoms with Gasteiger partial charge >= 0.3 is 0 Å². The zero-order chi connectivity index (χ0) is 12.4. The van der Waals surface area contributed by atoms with Gasteiger partial charge in [0.05, 0.1) is 5.69 Å². The standard InChI is InChI=1S/C13H10IN3O/c14-10-2-4-12(5-3-10)18-9-11-8-17-7-1-6-15-13(17)16-11/h1-8H,9H2. The lowest BCUT2D eigenvalue weighted by molar-refractivity contribution is 0.302. The van der Waals surface area contributed by atoms with Gasteiger partial charge < -0.3 is 4.74 Å². The van der Waals surface area contributed by atoms with Crippen LogP contribution in [0.25, 0.3) is 5.78 Å². The maximum absolute atomic E-state index is 5.67. The SMILES string of the molecule is Ic1ccc(OCc2cn3cccnc3n2)cc1. The fourth-order valence-electron chi connectivity index (χ4n) is 1.64. The highest BCUT2D eigenvalue weighted by Gasteiger charge is 2.02. The average molecular weight is 351 g/mol. The van der Waals surface area contributed by atoms with E-state index in [1.54, 1.807) is 6.20 Å². The molecule has 1 aromatic carbocycles. The molecule has 0 aliphatic carbocycles. The molecule has 0 amide bonds. The van der Waals surface area contributed by atoms with Crippen LogP contribution in [0, 0.1) is 3.57 Å².